The standard InChI is InChI=1S/C15H14Cl2N2O2/c1-9(2)21-13-6-4-3-5-12(13)19-15(20)10-7-14(17)18-8-11(10)16/h3-9H,1-2H3,(H,19,20). The number of benzene rings is 1. The minimum atomic E-state index is -0.371. The van der Waals surface area contributed by atoms with Crippen LogP contribution in [0.2, 0.25) is 10.2 Å². The molecule has 1 heterocycles. The van der Waals surface area contributed by atoms with Crippen molar-refractivity contribution in [2.75, 3.05) is 5.32 Å². The van der Waals surface area contributed by atoms with Gasteiger partial charge in [-0.05, 0) is 32.0 Å². The van der Waals surface area contributed by atoms with Gasteiger partial charge in [-0.2, -0.15) is 0 Å². The van der Waals surface area contributed by atoms with E-state index < -0.39 is 0 Å². The molecule has 0 spiro atoms. The van der Waals surface area contributed by atoms with Crippen molar-refractivity contribution >= 4 is 34.8 Å². The van der Waals surface area contributed by atoms with Crippen LogP contribution in [0.5, 0.6) is 5.75 Å². The van der Waals surface area contributed by atoms with Gasteiger partial charge in [-0.1, -0.05) is 35.3 Å². The lowest BCUT2D eigenvalue weighted by Crippen LogP contribution is -2.15. The summed E-state index contributed by atoms with van der Waals surface area (Å²) in [4.78, 5) is 16.1. The molecular formula is C15H14Cl2N2O2. The van der Waals surface area contributed by atoms with Crippen molar-refractivity contribution in [2.24, 2.45) is 0 Å². The summed E-state index contributed by atoms with van der Waals surface area (Å²) in [5.41, 5.74) is 0.830. The third-order valence-corrected chi connectivity index (χ3v) is 3.07. The molecule has 110 valence electrons. The predicted octanol–water partition coefficient (Wildman–Crippen LogP) is 4.43. The van der Waals surface area contributed by atoms with Crippen LogP contribution >= 0.6 is 23.2 Å². The van der Waals surface area contributed by atoms with Crippen LogP contribution in [0.3, 0.4) is 0 Å². The second-order valence-corrected chi connectivity index (χ2v) is 5.40. The van der Waals surface area contributed by atoms with Gasteiger partial charge in [0.15, 0.2) is 0 Å². The summed E-state index contributed by atoms with van der Waals surface area (Å²) in [5.74, 6) is 0.223. The molecule has 0 aliphatic heterocycles. The van der Waals surface area contributed by atoms with E-state index in [-0.39, 0.29) is 27.8 Å². The smallest absolute Gasteiger partial charge is 0.257 e. The van der Waals surface area contributed by atoms with Crippen molar-refractivity contribution in [3.63, 3.8) is 0 Å². The Morgan fingerprint density at radius 3 is 2.71 bits per heavy atom. The number of pyridine rings is 1. The summed E-state index contributed by atoms with van der Waals surface area (Å²) < 4.78 is 5.65. The highest BCUT2D eigenvalue weighted by Gasteiger charge is 2.14. The Bertz CT molecular complexity index is 660. The van der Waals surface area contributed by atoms with Crippen LogP contribution in [0.1, 0.15) is 24.2 Å². The highest BCUT2D eigenvalue weighted by molar-refractivity contribution is 6.35. The molecule has 0 saturated carbocycles. The number of nitrogens with zero attached hydrogens (tertiary/aromatic N) is 1. The topological polar surface area (TPSA) is 51.2 Å². The van der Waals surface area contributed by atoms with Crippen LogP contribution < -0.4 is 10.1 Å². The fourth-order valence-corrected chi connectivity index (χ4v) is 2.05. The number of hydrogen-bond donors (Lipinski definition) is 1. The van der Waals surface area contributed by atoms with Crippen LogP contribution in [0, 0.1) is 0 Å². The number of halogens is 2. The van der Waals surface area contributed by atoms with E-state index in [9.17, 15) is 4.79 Å². The molecule has 1 amide bonds. The number of ether oxygens (including phenoxy) is 1. The van der Waals surface area contributed by atoms with Gasteiger partial charge in [0.05, 0.1) is 22.4 Å². The molecule has 6 heteroatoms. The fourth-order valence-electron chi connectivity index (χ4n) is 1.70. The Labute approximate surface area is 133 Å². The average molecular weight is 325 g/mol. The number of carbonyl (C=O) groups excluding carboxylic acids is 1. The number of rotatable bonds is 4. The molecule has 1 aromatic carbocycles. The lowest BCUT2D eigenvalue weighted by atomic mass is 10.2. The molecule has 21 heavy (non-hydrogen) atoms. The summed E-state index contributed by atoms with van der Waals surface area (Å²) in [7, 11) is 0. The summed E-state index contributed by atoms with van der Waals surface area (Å²) in [6.45, 7) is 3.83. The minimum absolute atomic E-state index is 0.00186. The van der Waals surface area contributed by atoms with Crippen molar-refractivity contribution in [1.82, 2.24) is 4.98 Å². The first-order valence-electron chi connectivity index (χ1n) is 6.35. The van der Waals surface area contributed by atoms with Crippen LogP contribution in [0.15, 0.2) is 36.5 Å². The third kappa shape index (κ3) is 4.09. The summed E-state index contributed by atoms with van der Waals surface area (Å²) in [5, 5.41) is 3.21. The second-order valence-electron chi connectivity index (χ2n) is 4.60. The zero-order chi connectivity index (χ0) is 15.4. The average Bonchev–Trinajstić information content (AvgIpc) is 2.43. The van der Waals surface area contributed by atoms with Gasteiger partial charge in [-0.25, -0.2) is 4.98 Å². The van der Waals surface area contributed by atoms with Gasteiger partial charge in [-0.3, -0.25) is 4.79 Å². The van der Waals surface area contributed by atoms with E-state index >= 15 is 0 Å². The fraction of sp³-hybridized carbons (Fsp3) is 0.200. The van der Waals surface area contributed by atoms with Crippen molar-refractivity contribution in [3.05, 3.63) is 52.3 Å². The number of amides is 1. The molecule has 0 aliphatic carbocycles. The molecule has 0 aliphatic rings. The van der Waals surface area contributed by atoms with Crippen molar-refractivity contribution < 1.29 is 9.53 Å². The Hall–Kier alpha value is -1.78. The van der Waals surface area contributed by atoms with Crippen molar-refractivity contribution in [2.45, 2.75) is 20.0 Å². The number of carbonyl (C=O) groups is 1. The van der Waals surface area contributed by atoms with E-state index in [0.29, 0.717) is 11.4 Å². The summed E-state index contributed by atoms with van der Waals surface area (Å²) in [6.07, 6.45) is 1.34. The molecule has 1 aromatic heterocycles. The Morgan fingerprint density at radius 2 is 2.00 bits per heavy atom. The largest absolute Gasteiger partial charge is 0.489 e. The highest BCUT2D eigenvalue weighted by atomic mass is 35.5. The highest BCUT2D eigenvalue weighted by Crippen LogP contribution is 2.26. The zero-order valence-electron chi connectivity index (χ0n) is 11.6. The van der Waals surface area contributed by atoms with Crippen LogP contribution in [0.25, 0.3) is 0 Å². The first kappa shape index (κ1) is 15.6. The van der Waals surface area contributed by atoms with Gasteiger partial charge in [0.2, 0.25) is 0 Å². The van der Waals surface area contributed by atoms with Crippen LogP contribution in [-0.4, -0.2) is 17.0 Å². The molecule has 0 unspecified atom stereocenters. The molecule has 2 aromatic rings. The predicted molar refractivity (Wildman–Crippen MR) is 84.4 cm³/mol. The van der Waals surface area contributed by atoms with E-state index in [0.717, 1.165) is 0 Å². The normalized spacial score (nSPS) is 10.5. The van der Waals surface area contributed by atoms with E-state index in [1.807, 2.05) is 26.0 Å². The maximum atomic E-state index is 12.3. The van der Waals surface area contributed by atoms with Gasteiger partial charge in [0, 0.05) is 6.20 Å². The first-order chi connectivity index (χ1) is 9.97. The first-order valence-corrected chi connectivity index (χ1v) is 7.11. The Morgan fingerprint density at radius 1 is 1.29 bits per heavy atom. The number of hydrogen-bond acceptors (Lipinski definition) is 3. The van der Waals surface area contributed by atoms with Gasteiger partial charge >= 0.3 is 0 Å². The van der Waals surface area contributed by atoms with Crippen LogP contribution in [0.4, 0.5) is 5.69 Å². The molecule has 0 atom stereocenters. The van der Waals surface area contributed by atoms with E-state index in [4.69, 9.17) is 27.9 Å². The maximum Gasteiger partial charge on any atom is 0.257 e. The SMILES string of the molecule is CC(C)Oc1ccccc1NC(=O)c1cc(Cl)ncc1Cl. The minimum Gasteiger partial charge on any atom is -0.489 e. The van der Waals surface area contributed by atoms with Crippen LogP contribution in [-0.2, 0) is 0 Å². The lowest BCUT2D eigenvalue weighted by Gasteiger charge is -2.15. The van der Waals surface area contributed by atoms with Gasteiger partial charge in [0.1, 0.15) is 10.9 Å². The Balaban J connectivity index is 2.25. The van der Waals surface area contributed by atoms with Gasteiger partial charge in [-0.15, -0.1) is 0 Å². The quantitative estimate of drug-likeness (QED) is 0.846. The molecule has 0 bridgehead atoms. The lowest BCUT2D eigenvalue weighted by molar-refractivity contribution is 0.102. The van der Waals surface area contributed by atoms with E-state index in [2.05, 4.69) is 10.3 Å². The third-order valence-electron chi connectivity index (χ3n) is 2.56. The number of para-hydroxylation sites is 2. The van der Waals surface area contributed by atoms with Gasteiger partial charge < -0.3 is 10.1 Å². The summed E-state index contributed by atoms with van der Waals surface area (Å²) >= 11 is 11.8. The molecule has 1 N–H and O–H groups in total. The van der Waals surface area contributed by atoms with Crippen molar-refractivity contribution in [1.29, 1.82) is 0 Å². The molecular weight excluding hydrogens is 311 g/mol. The monoisotopic (exact) mass is 324 g/mol. The molecule has 0 saturated heterocycles. The number of nitrogens with one attached hydrogen (secondary N) is 1. The Kier molecular flexibility index (Phi) is 5.04. The van der Waals surface area contributed by atoms with E-state index in [1.165, 1.54) is 12.3 Å². The summed E-state index contributed by atoms with van der Waals surface area (Å²) in [6, 6.07) is 8.61. The van der Waals surface area contributed by atoms with Crippen molar-refractivity contribution in [3.8, 4) is 5.75 Å². The van der Waals surface area contributed by atoms with E-state index in [1.54, 1.807) is 12.1 Å². The zero-order valence-corrected chi connectivity index (χ0v) is 13.1. The molecule has 4 nitrogen and oxygen atoms in total. The number of anilines is 1. The molecule has 2 rings (SSSR count). The maximum absolute atomic E-state index is 12.3. The molecule has 0 fully saturated rings. The van der Waals surface area contributed by atoms with Gasteiger partial charge in [0.25, 0.3) is 5.91 Å². The second kappa shape index (κ2) is 6.78. The number of aromatic nitrogens is 1. The molecule has 0 radical (unpaired) electrons.